The Kier molecular flexibility index (Phi) is 7.91. The van der Waals surface area contributed by atoms with Crippen molar-refractivity contribution in [3.05, 3.63) is 24.3 Å². The van der Waals surface area contributed by atoms with E-state index in [1.807, 2.05) is 20.8 Å². The van der Waals surface area contributed by atoms with Crippen molar-refractivity contribution in [2.45, 2.75) is 71.1 Å². The highest BCUT2D eigenvalue weighted by Crippen LogP contribution is 2.32. The molecule has 2 unspecified atom stereocenters. The molecule has 33 heavy (non-hydrogen) atoms. The lowest BCUT2D eigenvalue weighted by Crippen LogP contribution is -2.47. The van der Waals surface area contributed by atoms with Crippen LogP contribution in [-0.2, 0) is 9.59 Å². The monoisotopic (exact) mass is 456 g/mol. The second-order valence-electron chi connectivity index (χ2n) is 10.1. The van der Waals surface area contributed by atoms with Crippen LogP contribution >= 0.6 is 0 Å². The molecule has 2 atom stereocenters. The number of likely N-dealkylation sites (tertiary alicyclic amines) is 1. The quantitative estimate of drug-likeness (QED) is 0.577. The van der Waals surface area contributed by atoms with E-state index in [-0.39, 0.29) is 29.8 Å². The number of carbonyl (C=O) groups is 2. The van der Waals surface area contributed by atoms with Gasteiger partial charge < -0.3 is 15.0 Å². The molecule has 2 saturated heterocycles. The molecule has 2 amide bonds. The normalized spacial score (nSPS) is 25.0. The van der Waals surface area contributed by atoms with E-state index in [1.54, 1.807) is 0 Å². The van der Waals surface area contributed by atoms with E-state index in [0.29, 0.717) is 12.6 Å². The molecule has 3 aliphatic rings. The van der Waals surface area contributed by atoms with Crippen LogP contribution in [0.15, 0.2) is 24.3 Å². The van der Waals surface area contributed by atoms with E-state index >= 15 is 0 Å². The molecule has 7 nitrogen and oxygen atoms in total. The summed E-state index contributed by atoms with van der Waals surface area (Å²) in [5.41, 5.74) is 1.20. The molecule has 1 aromatic carbocycles. The molecule has 0 aromatic heterocycles. The second-order valence-corrected chi connectivity index (χ2v) is 10.1. The largest absolute Gasteiger partial charge is 0.488 e. The number of imide groups is 1. The Morgan fingerprint density at radius 3 is 2.39 bits per heavy atom. The summed E-state index contributed by atoms with van der Waals surface area (Å²) in [6.45, 7) is 11.2. The van der Waals surface area contributed by atoms with Crippen molar-refractivity contribution in [2.75, 3.05) is 44.2 Å². The fourth-order valence-corrected chi connectivity index (χ4v) is 5.34. The molecule has 0 spiro atoms. The van der Waals surface area contributed by atoms with Gasteiger partial charge in [0.2, 0.25) is 11.8 Å². The topological polar surface area (TPSA) is 65.1 Å². The zero-order valence-electron chi connectivity index (χ0n) is 20.5. The van der Waals surface area contributed by atoms with E-state index in [1.165, 1.54) is 23.4 Å². The van der Waals surface area contributed by atoms with Crippen LogP contribution in [0.2, 0.25) is 0 Å². The molecule has 1 aromatic rings. The van der Waals surface area contributed by atoms with Gasteiger partial charge in [0.1, 0.15) is 5.75 Å². The van der Waals surface area contributed by atoms with Gasteiger partial charge in [0, 0.05) is 38.8 Å². The van der Waals surface area contributed by atoms with Crippen molar-refractivity contribution in [2.24, 2.45) is 5.92 Å². The molecule has 2 heterocycles. The van der Waals surface area contributed by atoms with Crippen molar-refractivity contribution >= 4 is 17.5 Å². The van der Waals surface area contributed by atoms with Crippen LogP contribution in [0.1, 0.15) is 52.9 Å². The number of rotatable bonds is 9. The van der Waals surface area contributed by atoms with Crippen molar-refractivity contribution in [3.8, 4) is 5.75 Å². The third-order valence-electron chi connectivity index (χ3n) is 7.23. The molecule has 0 radical (unpaired) electrons. The minimum absolute atomic E-state index is 0.0400. The molecule has 1 saturated carbocycles. The zero-order valence-corrected chi connectivity index (χ0v) is 20.5. The fraction of sp³-hybridized carbons (Fsp3) is 0.692. The summed E-state index contributed by atoms with van der Waals surface area (Å²) in [4.78, 5) is 31.6. The van der Waals surface area contributed by atoms with Gasteiger partial charge in [-0.25, -0.2) is 0 Å². The van der Waals surface area contributed by atoms with E-state index < -0.39 is 0 Å². The van der Waals surface area contributed by atoms with Gasteiger partial charge in [-0.3, -0.25) is 19.4 Å². The molecule has 4 rings (SSSR count). The number of hydrogen-bond acceptors (Lipinski definition) is 6. The van der Waals surface area contributed by atoms with Crippen molar-refractivity contribution < 1.29 is 14.3 Å². The van der Waals surface area contributed by atoms with Gasteiger partial charge in [-0.1, -0.05) is 32.9 Å². The minimum atomic E-state index is -0.382. The van der Waals surface area contributed by atoms with Crippen LogP contribution in [0, 0.1) is 5.92 Å². The lowest BCUT2D eigenvalue weighted by molar-refractivity contribution is -0.139. The lowest BCUT2D eigenvalue weighted by atomic mass is 10.0. The van der Waals surface area contributed by atoms with Crippen LogP contribution in [0.25, 0.3) is 0 Å². The first-order chi connectivity index (χ1) is 15.9. The van der Waals surface area contributed by atoms with Gasteiger partial charge in [-0.05, 0) is 50.8 Å². The molecule has 7 heteroatoms. The number of ether oxygens (including phenoxy) is 1. The van der Waals surface area contributed by atoms with E-state index in [4.69, 9.17) is 4.74 Å². The fourth-order valence-electron chi connectivity index (χ4n) is 5.34. The summed E-state index contributed by atoms with van der Waals surface area (Å²) in [6.07, 6.45) is 6.05. The Hall–Kier alpha value is -2.12. The number of carbonyl (C=O) groups excluding carboxylic acids is 2. The van der Waals surface area contributed by atoms with Gasteiger partial charge in [-0.2, -0.15) is 0 Å². The molecular weight excluding hydrogens is 416 g/mol. The third kappa shape index (κ3) is 5.69. The van der Waals surface area contributed by atoms with Gasteiger partial charge in [0.25, 0.3) is 0 Å². The Bertz CT molecular complexity index is 816. The number of amides is 2. The maximum absolute atomic E-state index is 12.7. The Morgan fingerprint density at radius 2 is 1.70 bits per heavy atom. The first-order valence-electron chi connectivity index (χ1n) is 12.8. The van der Waals surface area contributed by atoms with Crippen LogP contribution in [0.3, 0.4) is 0 Å². The van der Waals surface area contributed by atoms with Gasteiger partial charge in [-0.15, -0.1) is 0 Å². The molecule has 3 fully saturated rings. The molecule has 1 N–H and O–H groups in total. The minimum Gasteiger partial charge on any atom is -0.488 e. The Labute approximate surface area is 198 Å². The van der Waals surface area contributed by atoms with Gasteiger partial charge >= 0.3 is 0 Å². The standard InChI is InChI=1S/C26H40N4O3/c1-19(2)27-24-20(3)25(31)30(26(24)32)14-8-13-28-15-17-29(18-16-28)22-11-6-7-12-23(22)33-21-9-4-5-10-21/h6-7,11-12,19-21,24,27H,4-5,8-10,13-18H2,1-3H3. The number of benzene rings is 1. The molecule has 182 valence electrons. The molecular formula is C26H40N4O3. The number of piperazine rings is 1. The number of para-hydroxylation sites is 2. The number of anilines is 1. The maximum atomic E-state index is 12.7. The smallest absolute Gasteiger partial charge is 0.247 e. The Balaban J connectivity index is 1.24. The van der Waals surface area contributed by atoms with Crippen LogP contribution in [0.4, 0.5) is 5.69 Å². The SMILES string of the molecule is CC(C)NC1C(=O)N(CCCN2CCN(c3ccccc3OC3CCCC3)CC2)C(=O)C1C. The number of nitrogens with zero attached hydrogens (tertiary/aromatic N) is 3. The van der Waals surface area contributed by atoms with Crippen LogP contribution in [-0.4, -0.2) is 79.1 Å². The zero-order chi connectivity index (χ0) is 23.4. The van der Waals surface area contributed by atoms with Crippen molar-refractivity contribution in [3.63, 3.8) is 0 Å². The van der Waals surface area contributed by atoms with Crippen molar-refractivity contribution in [1.29, 1.82) is 0 Å². The highest BCUT2D eigenvalue weighted by atomic mass is 16.5. The summed E-state index contributed by atoms with van der Waals surface area (Å²) < 4.78 is 6.34. The van der Waals surface area contributed by atoms with E-state index in [0.717, 1.165) is 57.7 Å². The average Bonchev–Trinajstić information content (AvgIpc) is 3.39. The van der Waals surface area contributed by atoms with E-state index in [2.05, 4.69) is 39.4 Å². The first-order valence-corrected chi connectivity index (χ1v) is 12.8. The second kappa shape index (κ2) is 10.9. The summed E-state index contributed by atoms with van der Waals surface area (Å²) in [6, 6.07) is 8.23. The third-order valence-corrected chi connectivity index (χ3v) is 7.23. The van der Waals surface area contributed by atoms with Gasteiger partial charge in [0.15, 0.2) is 0 Å². The molecule has 0 bridgehead atoms. The average molecular weight is 457 g/mol. The lowest BCUT2D eigenvalue weighted by Gasteiger charge is -2.37. The number of nitrogens with one attached hydrogen (secondary N) is 1. The number of hydrogen-bond donors (Lipinski definition) is 1. The van der Waals surface area contributed by atoms with Crippen molar-refractivity contribution in [1.82, 2.24) is 15.1 Å². The predicted molar refractivity (Wildman–Crippen MR) is 131 cm³/mol. The first kappa shape index (κ1) is 24.0. The summed E-state index contributed by atoms with van der Waals surface area (Å²) in [7, 11) is 0. The molecule has 2 aliphatic heterocycles. The summed E-state index contributed by atoms with van der Waals surface area (Å²) in [5, 5.41) is 3.25. The predicted octanol–water partition coefficient (Wildman–Crippen LogP) is 2.89. The Morgan fingerprint density at radius 1 is 1.00 bits per heavy atom. The summed E-state index contributed by atoms with van der Waals surface area (Å²) >= 11 is 0. The highest BCUT2D eigenvalue weighted by Gasteiger charge is 2.44. The van der Waals surface area contributed by atoms with Gasteiger partial charge in [0.05, 0.1) is 23.8 Å². The maximum Gasteiger partial charge on any atom is 0.247 e. The van der Waals surface area contributed by atoms with E-state index in [9.17, 15) is 9.59 Å². The molecule has 1 aliphatic carbocycles. The summed E-state index contributed by atoms with van der Waals surface area (Å²) in [5.74, 6) is 0.629. The highest BCUT2D eigenvalue weighted by molar-refractivity contribution is 6.06. The van der Waals surface area contributed by atoms with Crippen LogP contribution in [0.5, 0.6) is 5.75 Å². The van der Waals surface area contributed by atoms with Crippen LogP contribution < -0.4 is 15.0 Å².